The van der Waals surface area contributed by atoms with E-state index >= 15 is 0 Å². The predicted octanol–water partition coefficient (Wildman–Crippen LogP) is 7.83. The Bertz CT molecular complexity index is 1540. The van der Waals surface area contributed by atoms with E-state index in [2.05, 4.69) is 77.2 Å². The summed E-state index contributed by atoms with van der Waals surface area (Å²) in [5, 5.41) is 0. The number of rotatable bonds is 6. The molecule has 1 aromatic carbocycles. The number of ether oxygens (including phenoxy) is 1. The number of benzene rings is 1. The molecule has 0 radical (unpaired) electrons. The van der Waals surface area contributed by atoms with Crippen molar-refractivity contribution in [2.75, 3.05) is 27.7 Å². The third kappa shape index (κ3) is 5.34. The smallest absolute Gasteiger partial charge is 0.337 e. The Morgan fingerprint density at radius 3 is 2.20 bits per heavy atom. The van der Waals surface area contributed by atoms with Crippen molar-refractivity contribution in [3.63, 3.8) is 0 Å². The molecule has 5 aliphatic rings. The van der Waals surface area contributed by atoms with Crippen molar-refractivity contribution in [2.45, 2.75) is 99.3 Å². The summed E-state index contributed by atoms with van der Waals surface area (Å²) in [6, 6.07) is 7.99. The van der Waals surface area contributed by atoms with Gasteiger partial charge in [0.1, 0.15) is 0 Å². The highest BCUT2D eigenvalue weighted by Crippen LogP contribution is 2.77. The lowest BCUT2D eigenvalue weighted by molar-refractivity contribution is -0.225. The predicted molar refractivity (Wildman–Crippen MR) is 195 cm³/mol. The largest absolute Gasteiger partial charge is 0.465 e. The van der Waals surface area contributed by atoms with Crippen LogP contribution in [0, 0.1) is 56.7 Å². The van der Waals surface area contributed by atoms with Crippen LogP contribution in [0.1, 0.15) is 115 Å². The maximum atomic E-state index is 14.2. The van der Waals surface area contributed by atoms with Crippen LogP contribution in [-0.4, -0.2) is 50.4 Å². The summed E-state index contributed by atoms with van der Waals surface area (Å²) < 4.78 is 4.95. The van der Waals surface area contributed by atoms with Crippen molar-refractivity contribution < 1.29 is 19.1 Å². The second-order valence-electron chi connectivity index (χ2n) is 18.2. The topological polar surface area (TPSA) is 87.7 Å². The Morgan fingerprint density at radius 2 is 1.57 bits per heavy atom. The number of hydrogen-bond acceptors (Lipinski definition) is 5. The molecule has 9 atom stereocenters. The van der Waals surface area contributed by atoms with Gasteiger partial charge in [-0.3, -0.25) is 20.4 Å². The average Bonchev–Trinajstić information content (AvgIpc) is 3.44. The van der Waals surface area contributed by atoms with Crippen LogP contribution >= 0.6 is 0 Å². The second kappa shape index (κ2) is 12.4. The third-order valence-electron chi connectivity index (χ3n) is 15.5. The Morgan fingerprint density at radius 1 is 0.878 bits per heavy atom. The maximum Gasteiger partial charge on any atom is 0.337 e. The summed E-state index contributed by atoms with van der Waals surface area (Å²) in [6.45, 7) is 19.6. The summed E-state index contributed by atoms with van der Waals surface area (Å²) in [5.74, 6) is 1.65. The Balaban J connectivity index is 1.30. The van der Waals surface area contributed by atoms with Gasteiger partial charge in [-0.1, -0.05) is 65.0 Å². The van der Waals surface area contributed by atoms with Crippen molar-refractivity contribution in [3.8, 4) is 0 Å². The molecular weight excluding hydrogens is 610 g/mol. The van der Waals surface area contributed by atoms with Gasteiger partial charge >= 0.3 is 5.97 Å². The molecule has 0 spiro atoms. The minimum Gasteiger partial charge on any atom is -0.465 e. The molecule has 7 nitrogen and oxygen atoms in total. The van der Waals surface area contributed by atoms with Gasteiger partial charge in [0.2, 0.25) is 5.91 Å². The van der Waals surface area contributed by atoms with E-state index in [4.69, 9.17) is 4.74 Å². The minimum atomic E-state index is -0.475. The number of hydrogen-bond donors (Lipinski definition) is 2. The van der Waals surface area contributed by atoms with E-state index in [-0.39, 0.29) is 51.9 Å². The Kier molecular flexibility index (Phi) is 9.07. The summed E-state index contributed by atoms with van der Waals surface area (Å²) in [7, 11) is 5.14. The highest BCUT2D eigenvalue weighted by Gasteiger charge is 2.71. The van der Waals surface area contributed by atoms with Crippen molar-refractivity contribution in [1.29, 1.82) is 0 Å². The molecule has 2 N–H and O–H groups in total. The molecular formula is C42H61N3O4. The summed E-state index contributed by atoms with van der Waals surface area (Å²) in [5.41, 5.74) is 10.0. The van der Waals surface area contributed by atoms with Gasteiger partial charge in [0.25, 0.3) is 5.91 Å². The Hall–Kier alpha value is -2.93. The molecule has 0 heterocycles. The van der Waals surface area contributed by atoms with Gasteiger partial charge in [0.05, 0.1) is 24.6 Å². The summed E-state index contributed by atoms with van der Waals surface area (Å²) in [6.07, 6.45) is 12.1. The molecule has 2 amide bonds. The quantitative estimate of drug-likeness (QED) is 0.183. The number of nitrogens with zero attached hydrogens (tertiary/aromatic N) is 1. The first kappa shape index (κ1) is 35.9. The molecule has 0 unspecified atom stereocenters. The van der Waals surface area contributed by atoms with Crippen molar-refractivity contribution in [3.05, 3.63) is 53.6 Å². The van der Waals surface area contributed by atoms with Crippen LogP contribution < -0.4 is 10.9 Å². The number of methoxy groups -OCH3 is 1. The molecule has 0 bridgehead atoms. The SMILES string of the molecule is C=C(C)[C@@H]1CC[C@]2(C(=O)NNC(=O)CN(C)C)CC[C@]3(C)[C@H](CC[C@@H]4[C@@]5(C)CC=C(c6ccc(C(=O)OC)cc6)C(C)(C)[C@@H]5CC[C@]43C)[C@@H]12. The number of carbonyl (C=O) groups excluding carboxylic acids is 3. The lowest BCUT2D eigenvalue weighted by Gasteiger charge is -2.72. The van der Waals surface area contributed by atoms with Crippen LogP contribution in [0.5, 0.6) is 0 Å². The number of carbonyl (C=O) groups is 3. The van der Waals surface area contributed by atoms with Gasteiger partial charge in [-0.15, -0.1) is 0 Å². The molecule has 4 fully saturated rings. The first-order valence-electron chi connectivity index (χ1n) is 18.7. The van der Waals surface area contributed by atoms with Gasteiger partial charge < -0.3 is 9.64 Å². The monoisotopic (exact) mass is 671 g/mol. The number of fused-ring (bicyclic) bond motifs is 7. The molecule has 5 aliphatic carbocycles. The van der Waals surface area contributed by atoms with Gasteiger partial charge in [-0.05, 0) is 153 Å². The fraction of sp³-hybridized carbons (Fsp3) is 0.690. The third-order valence-corrected chi connectivity index (χ3v) is 15.5. The highest BCUT2D eigenvalue weighted by atomic mass is 16.5. The number of allylic oxidation sites excluding steroid dienone is 3. The molecule has 0 aromatic heterocycles. The number of amides is 2. The second-order valence-corrected chi connectivity index (χ2v) is 18.2. The van der Waals surface area contributed by atoms with E-state index in [1.807, 2.05) is 31.1 Å². The van der Waals surface area contributed by atoms with Gasteiger partial charge in [-0.25, -0.2) is 4.79 Å². The van der Waals surface area contributed by atoms with Crippen LogP contribution in [0.3, 0.4) is 0 Å². The average molecular weight is 672 g/mol. The van der Waals surface area contributed by atoms with Crippen LogP contribution in [0.15, 0.2) is 42.5 Å². The van der Waals surface area contributed by atoms with Crippen LogP contribution in [0.25, 0.3) is 5.57 Å². The van der Waals surface area contributed by atoms with E-state index < -0.39 is 5.41 Å². The zero-order valence-corrected chi connectivity index (χ0v) is 31.6. The van der Waals surface area contributed by atoms with Gasteiger partial charge in [-0.2, -0.15) is 0 Å². The van der Waals surface area contributed by atoms with Crippen LogP contribution in [-0.2, 0) is 14.3 Å². The normalized spacial score (nSPS) is 39.0. The van der Waals surface area contributed by atoms with Gasteiger partial charge in [0, 0.05) is 0 Å². The molecule has 268 valence electrons. The minimum absolute atomic E-state index is 0.00432. The van der Waals surface area contributed by atoms with E-state index in [0.29, 0.717) is 29.2 Å². The summed E-state index contributed by atoms with van der Waals surface area (Å²) in [4.78, 5) is 40.7. The van der Waals surface area contributed by atoms with Crippen molar-refractivity contribution >= 4 is 23.4 Å². The van der Waals surface area contributed by atoms with Gasteiger partial charge in [0.15, 0.2) is 0 Å². The van der Waals surface area contributed by atoms with E-state index in [0.717, 1.165) is 38.5 Å². The van der Waals surface area contributed by atoms with Crippen LogP contribution in [0.4, 0.5) is 0 Å². The molecule has 7 heteroatoms. The lowest BCUT2D eigenvalue weighted by atomic mass is 9.32. The van der Waals surface area contributed by atoms with E-state index in [1.54, 1.807) is 0 Å². The fourth-order valence-electron chi connectivity index (χ4n) is 13.1. The molecule has 0 saturated heterocycles. The van der Waals surface area contributed by atoms with Crippen LogP contribution in [0.2, 0.25) is 0 Å². The number of hydrazine groups is 1. The molecule has 6 rings (SSSR count). The van der Waals surface area contributed by atoms with E-state index in [1.165, 1.54) is 43.1 Å². The Labute approximate surface area is 295 Å². The zero-order chi connectivity index (χ0) is 35.7. The number of nitrogens with one attached hydrogen (secondary N) is 2. The fourth-order valence-corrected chi connectivity index (χ4v) is 13.1. The molecule has 49 heavy (non-hydrogen) atoms. The first-order valence-corrected chi connectivity index (χ1v) is 18.7. The molecule has 0 aliphatic heterocycles. The highest BCUT2D eigenvalue weighted by molar-refractivity contribution is 5.90. The molecule has 1 aromatic rings. The first-order chi connectivity index (χ1) is 23.0. The number of esters is 1. The standard InChI is InChI=1S/C42H61N3O4/c1-26(2)29-17-22-42(37(48)44-43-34(46)25-45(8)9)24-23-40(6)31(35(29)42)15-16-33-39(5)20-18-30(27-11-13-28(14-12-27)36(47)49-10)38(3,4)32(39)19-21-41(33,40)7/h11-14,18,29,31-33,35H,1,15-17,19-25H2,2-10H3,(H,43,46)(H,44,48)/t29-,31+,32-,33+,35+,39-,40+,41+,42-/m0/s1. The maximum absolute atomic E-state index is 14.2. The van der Waals surface area contributed by atoms with E-state index in [9.17, 15) is 14.4 Å². The zero-order valence-electron chi connectivity index (χ0n) is 31.6. The number of likely N-dealkylation sites (N-methyl/N-ethyl adjacent to an activating group) is 1. The summed E-state index contributed by atoms with van der Waals surface area (Å²) >= 11 is 0. The van der Waals surface area contributed by atoms with Crippen molar-refractivity contribution in [2.24, 2.45) is 56.7 Å². The molecule has 4 saturated carbocycles. The van der Waals surface area contributed by atoms with Crippen molar-refractivity contribution in [1.82, 2.24) is 15.8 Å². The lowest BCUT2D eigenvalue weighted by Crippen LogP contribution is -2.66.